The molecule has 0 amide bonds. The Kier molecular flexibility index (Phi) is 3.91. The minimum atomic E-state index is -0.945. The van der Waals surface area contributed by atoms with Crippen molar-refractivity contribution >= 4 is 17.3 Å². The summed E-state index contributed by atoms with van der Waals surface area (Å²) in [4.78, 5) is 13.5. The van der Waals surface area contributed by atoms with Gasteiger partial charge in [-0.05, 0) is 12.1 Å². The van der Waals surface area contributed by atoms with Crippen LogP contribution in [0, 0.1) is 15.9 Å². The van der Waals surface area contributed by atoms with Gasteiger partial charge in [-0.2, -0.15) is 4.39 Å². The number of rotatable bonds is 4. The van der Waals surface area contributed by atoms with E-state index in [0.29, 0.717) is 10.7 Å². The molecular formula is C12H8ClFN2O3. The van der Waals surface area contributed by atoms with Gasteiger partial charge in [0.25, 0.3) is 0 Å². The quantitative estimate of drug-likeness (QED) is 0.490. The Balaban J connectivity index is 2.11. The lowest BCUT2D eigenvalue weighted by molar-refractivity contribution is -0.387. The van der Waals surface area contributed by atoms with Crippen LogP contribution >= 0.6 is 11.6 Å². The van der Waals surface area contributed by atoms with E-state index in [4.69, 9.17) is 16.3 Å². The van der Waals surface area contributed by atoms with Crippen molar-refractivity contribution in [3.63, 3.8) is 0 Å². The van der Waals surface area contributed by atoms with Gasteiger partial charge < -0.3 is 4.74 Å². The third-order valence-corrected chi connectivity index (χ3v) is 2.69. The predicted molar refractivity (Wildman–Crippen MR) is 66.6 cm³/mol. The number of halogens is 2. The molecule has 0 radical (unpaired) electrons. The lowest BCUT2D eigenvalue weighted by Crippen LogP contribution is -1.99. The minimum Gasteiger partial charge on any atom is -0.489 e. The van der Waals surface area contributed by atoms with Crippen molar-refractivity contribution in [3.8, 4) is 5.75 Å². The van der Waals surface area contributed by atoms with E-state index >= 15 is 0 Å². The second kappa shape index (κ2) is 5.62. The molecule has 0 aliphatic heterocycles. The molecule has 1 aromatic carbocycles. The van der Waals surface area contributed by atoms with E-state index in [9.17, 15) is 14.5 Å². The molecule has 0 bridgehead atoms. The fourth-order valence-electron chi connectivity index (χ4n) is 1.41. The molecule has 2 aromatic rings. The molecule has 0 aliphatic carbocycles. The third-order valence-electron chi connectivity index (χ3n) is 2.35. The summed E-state index contributed by atoms with van der Waals surface area (Å²) in [6.07, 6.45) is 1.54. The molecule has 1 heterocycles. The summed E-state index contributed by atoms with van der Waals surface area (Å²) in [7, 11) is 0. The second-order valence-corrected chi connectivity index (χ2v) is 3.97. The molecule has 0 saturated heterocycles. The Morgan fingerprint density at radius 3 is 2.84 bits per heavy atom. The van der Waals surface area contributed by atoms with Crippen LogP contribution in [-0.4, -0.2) is 9.91 Å². The maximum absolute atomic E-state index is 13.3. The van der Waals surface area contributed by atoms with E-state index < -0.39 is 16.4 Å². The number of hydrogen-bond donors (Lipinski definition) is 0. The van der Waals surface area contributed by atoms with Crippen LogP contribution in [0.5, 0.6) is 5.75 Å². The van der Waals surface area contributed by atoms with E-state index in [0.717, 1.165) is 12.1 Å². The SMILES string of the molecule is O=[N+]([O-])c1ccc(OCc2cccnc2Cl)cc1F. The number of nitro groups is 1. The van der Waals surface area contributed by atoms with Crippen molar-refractivity contribution in [2.24, 2.45) is 0 Å². The number of aromatic nitrogens is 1. The fourth-order valence-corrected chi connectivity index (χ4v) is 1.59. The zero-order chi connectivity index (χ0) is 13.8. The molecule has 7 heteroatoms. The Bertz CT molecular complexity index is 622. The highest BCUT2D eigenvalue weighted by atomic mass is 35.5. The molecule has 0 fully saturated rings. The first-order valence-electron chi connectivity index (χ1n) is 5.24. The van der Waals surface area contributed by atoms with Crippen LogP contribution in [0.1, 0.15) is 5.56 Å². The highest BCUT2D eigenvalue weighted by Crippen LogP contribution is 2.23. The van der Waals surface area contributed by atoms with Crippen LogP contribution in [0.2, 0.25) is 5.15 Å². The molecule has 19 heavy (non-hydrogen) atoms. The summed E-state index contributed by atoms with van der Waals surface area (Å²) in [6, 6.07) is 6.75. The Hall–Kier alpha value is -2.21. The highest BCUT2D eigenvalue weighted by molar-refractivity contribution is 6.30. The average Bonchev–Trinajstić information content (AvgIpc) is 2.37. The van der Waals surface area contributed by atoms with E-state index in [2.05, 4.69) is 4.98 Å². The van der Waals surface area contributed by atoms with Crippen molar-refractivity contribution in [2.45, 2.75) is 6.61 Å². The number of hydrogen-bond acceptors (Lipinski definition) is 4. The summed E-state index contributed by atoms with van der Waals surface area (Å²) >= 11 is 5.83. The van der Waals surface area contributed by atoms with Crippen molar-refractivity contribution in [3.05, 3.63) is 63.2 Å². The molecular weight excluding hydrogens is 275 g/mol. The monoisotopic (exact) mass is 282 g/mol. The molecule has 0 atom stereocenters. The molecule has 0 aliphatic rings. The molecule has 2 rings (SSSR count). The maximum Gasteiger partial charge on any atom is 0.305 e. The number of pyridine rings is 1. The van der Waals surface area contributed by atoms with Crippen LogP contribution in [0.25, 0.3) is 0 Å². The van der Waals surface area contributed by atoms with Crippen molar-refractivity contribution < 1.29 is 14.1 Å². The fraction of sp³-hybridized carbons (Fsp3) is 0.0833. The van der Waals surface area contributed by atoms with Crippen LogP contribution in [0.4, 0.5) is 10.1 Å². The zero-order valence-electron chi connectivity index (χ0n) is 9.55. The van der Waals surface area contributed by atoms with E-state index in [-0.39, 0.29) is 12.4 Å². The van der Waals surface area contributed by atoms with Crippen molar-refractivity contribution in [1.29, 1.82) is 0 Å². The second-order valence-electron chi connectivity index (χ2n) is 3.61. The van der Waals surface area contributed by atoms with Gasteiger partial charge in [0.15, 0.2) is 0 Å². The smallest absolute Gasteiger partial charge is 0.305 e. The van der Waals surface area contributed by atoms with Gasteiger partial charge in [-0.3, -0.25) is 10.1 Å². The number of ether oxygens (including phenoxy) is 1. The molecule has 5 nitrogen and oxygen atoms in total. The zero-order valence-corrected chi connectivity index (χ0v) is 10.3. The average molecular weight is 283 g/mol. The van der Waals surface area contributed by atoms with Crippen molar-refractivity contribution in [1.82, 2.24) is 4.98 Å². The first-order valence-corrected chi connectivity index (χ1v) is 5.62. The summed E-state index contributed by atoms with van der Waals surface area (Å²) in [5, 5.41) is 10.8. The van der Waals surface area contributed by atoms with Gasteiger partial charge in [-0.1, -0.05) is 17.7 Å². The van der Waals surface area contributed by atoms with Crippen LogP contribution in [0.15, 0.2) is 36.5 Å². The first-order chi connectivity index (χ1) is 9.08. The van der Waals surface area contributed by atoms with Gasteiger partial charge in [-0.25, -0.2) is 4.98 Å². The lowest BCUT2D eigenvalue weighted by Gasteiger charge is -2.07. The third kappa shape index (κ3) is 3.17. The number of nitrogens with zero attached hydrogens (tertiary/aromatic N) is 2. The Morgan fingerprint density at radius 2 is 2.21 bits per heavy atom. The van der Waals surface area contributed by atoms with Gasteiger partial charge >= 0.3 is 5.69 Å². The van der Waals surface area contributed by atoms with Gasteiger partial charge in [0, 0.05) is 23.9 Å². The minimum absolute atomic E-state index is 0.101. The van der Waals surface area contributed by atoms with E-state index in [1.165, 1.54) is 12.3 Å². The van der Waals surface area contributed by atoms with Crippen LogP contribution in [0.3, 0.4) is 0 Å². The molecule has 1 aromatic heterocycles. The van der Waals surface area contributed by atoms with Crippen LogP contribution in [-0.2, 0) is 6.61 Å². The topological polar surface area (TPSA) is 65.3 Å². The Morgan fingerprint density at radius 1 is 1.42 bits per heavy atom. The van der Waals surface area contributed by atoms with E-state index in [1.54, 1.807) is 12.1 Å². The summed E-state index contributed by atoms with van der Waals surface area (Å²) in [5.41, 5.74) is 0.0506. The Labute approximate surface area is 112 Å². The number of benzene rings is 1. The molecule has 98 valence electrons. The standard InChI is InChI=1S/C12H8ClFN2O3/c13-12-8(2-1-5-15-12)7-19-9-3-4-11(16(17)18)10(14)6-9/h1-6H,7H2. The summed E-state index contributed by atoms with van der Waals surface area (Å²) in [6.45, 7) is 0.101. The highest BCUT2D eigenvalue weighted by Gasteiger charge is 2.14. The molecule has 0 unspecified atom stereocenters. The molecule has 0 spiro atoms. The maximum atomic E-state index is 13.3. The molecule has 0 N–H and O–H groups in total. The normalized spacial score (nSPS) is 10.2. The van der Waals surface area contributed by atoms with Crippen molar-refractivity contribution in [2.75, 3.05) is 0 Å². The van der Waals surface area contributed by atoms with Gasteiger partial charge in [-0.15, -0.1) is 0 Å². The van der Waals surface area contributed by atoms with Gasteiger partial charge in [0.05, 0.1) is 4.92 Å². The largest absolute Gasteiger partial charge is 0.489 e. The van der Waals surface area contributed by atoms with E-state index in [1.807, 2.05) is 0 Å². The first kappa shape index (κ1) is 13.2. The lowest BCUT2D eigenvalue weighted by atomic mass is 10.3. The summed E-state index contributed by atoms with van der Waals surface area (Å²) in [5.74, 6) is -0.761. The van der Waals surface area contributed by atoms with Gasteiger partial charge in [0.2, 0.25) is 5.82 Å². The summed E-state index contributed by atoms with van der Waals surface area (Å²) < 4.78 is 18.6. The predicted octanol–water partition coefficient (Wildman–Crippen LogP) is 3.36. The van der Waals surface area contributed by atoms with Gasteiger partial charge in [0.1, 0.15) is 17.5 Å². The number of nitro benzene ring substituents is 1. The molecule has 0 saturated carbocycles. The van der Waals surface area contributed by atoms with Crippen LogP contribution < -0.4 is 4.74 Å².